The molecule has 2 N–H and O–H groups in total. The SMILES string of the molecule is O=C(O)C1CCCC(Nc2nc(-c3cc(-c4ccon4)n(Cc4ccccc4F)n3)ncc2F)C1. The minimum Gasteiger partial charge on any atom is -0.481 e. The third kappa shape index (κ3) is 4.88. The van der Waals surface area contributed by atoms with Gasteiger partial charge in [-0.3, -0.25) is 9.48 Å². The van der Waals surface area contributed by atoms with Gasteiger partial charge in [0.15, 0.2) is 17.5 Å². The van der Waals surface area contributed by atoms with Crippen LogP contribution in [0.3, 0.4) is 0 Å². The fraction of sp³-hybridized carbons (Fsp3) is 0.292. The molecule has 0 amide bonds. The topological polar surface area (TPSA) is 119 Å². The van der Waals surface area contributed by atoms with E-state index in [-0.39, 0.29) is 30.0 Å². The van der Waals surface area contributed by atoms with Gasteiger partial charge in [-0.15, -0.1) is 0 Å². The summed E-state index contributed by atoms with van der Waals surface area (Å²) in [6, 6.07) is 9.49. The van der Waals surface area contributed by atoms with Crippen LogP contribution in [0.25, 0.3) is 22.9 Å². The van der Waals surface area contributed by atoms with Gasteiger partial charge in [-0.05, 0) is 31.4 Å². The van der Waals surface area contributed by atoms with Gasteiger partial charge in [0.2, 0.25) is 0 Å². The Labute approximate surface area is 198 Å². The lowest BCUT2D eigenvalue weighted by molar-refractivity contribution is -0.142. The smallest absolute Gasteiger partial charge is 0.306 e. The minimum absolute atomic E-state index is 0.0160. The Balaban J connectivity index is 1.46. The normalized spacial score (nSPS) is 17.9. The largest absolute Gasteiger partial charge is 0.481 e. The van der Waals surface area contributed by atoms with E-state index in [2.05, 4.69) is 25.5 Å². The molecule has 1 aliphatic carbocycles. The Kier molecular flexibility index (Phi) is 6.21. The summed E-state index contributed by atoms with van der Waals surface area (Å²) in [5.41, 5.74) is 1.81. The molecule has 9 nitrogen and oxygen atoms in total. The number of hydrogen-bond donors (Lipinski definition) is 2. The molecule has 1 aliphatic rings. The number of rotatable bonds is 7. The van der Waals surface area contributed by atoms with E-state index in [1.807, 2.05) is 0 Å². The van der Waals surface area contributed by atoms with Gasteiger partial charge in [-0.25, -0.2) is 18.7 Å². The van der Waals surface area contributed by atoms with Gasteiger partial charge in [0.05, 0.1) is 24.4 Å². The number of carbonyl (C=O) groups is 1. The first kappa shape index (κ1) is 22.6. The van der Waals surface area contributed by atoms with Crippen LogP contribution in [0.1, 0.15) is 31.2 Å². The van der Waals surface area contributed by atoms with Crippen LogP contribution in [0.4, 0.5) is 14.6 Å². The Morgan fingerprint density at radius 3 is 2.80 bits per heavy atom. The zero-order valence-electron chi connectivity index (χ0n) is 18.6. The van der Waals surface area contributed by atoms with Crippen LogP contribution in [0.5, 0.6) is 0 Å². The monoisotopic (exact) mass is 480 g/mol. The summed E-state index contributed by atoms with van der Waals surface area (Å²) in [6.45, 7) is 0.125. The van der Waals surface area contributed by atoms with E-state index in [1.54, 1.807) is 35.0 Å². The van der Waals surface area contributed by atoms with E-state index < -0.39 is 17.7 Å². The second kappa shape index (κ2) is 9.61. The molecule has 1 aromatic carbocycles. The third-order valence-corrected chi connectivity index (χ3v) is 6.10. The molecule has 0 bridgehead atoms. The first-order valence-electron chi connectivity index (χ1n) is 11.2. The van der Waals surface area contributed by atoms with Gasteiger partial charge < -0.3 is 14.9 Å². The summed E-state index contributed by atoms with van der Waals surface area (Å²) in [5.74, 6) is -2.18. The Morgan fingerprint density at radius 1 is 1.17 bits per heavy atom. The number of carboxylic acids is 1. The summed E-state index contributed by atoms with van der Waals surface area (Å²) in [7, 11) is 0. The number of halogens is 2. The summed E-state index contributed by atoms with van der Waals surface area (Å²) < 4.78 is 35.4. The van der Waals surface area contributed by atoms with Crippen LogP contribution in [-0.4, -0.2) is 42.0 Å². The van der Waals surface area contributed by atoms with E-state index in [0.29, 0.717) is 35.5 Å². The van der Waals surface area contributed by atoms with Gasteiger partial charge in [0.25, 0.3) is 0 Å². The number of carboxylic acid groups (broad SMARTS) is 1. The highest BCUT2D eigenvalue weighted by Gasteiger charge is 2.28. The fourth-order valence-electron chi connectivity index (χ4n) is 4.32. The highest BCUT2D eigenvalue weighted by atomic mass is 19.1. The first-order valence-corrected chi connectivity index (χ1v) is 11.2. The molecule has 0 aliphatic heterocycles. The quantitative estimate of drug-likeness (QED) is 0.400. The van der Waals surface area contributed by atoms with Crippen molar-refractivity contribution in [1.82, 2.24) is 24.9 Å². The average molecular weight is 480 g/mol. The Hall–Kier alpha value is -4.15. The van der Waals surface area contributed by atoms with Gasteiger partial charge >= 0.3 is 5.97 Å². The van der Waals surface area contributed by atoms with E-state index in [9.17, 15) is 18.7 Å². The molecule has 0 saturated heterocycles. The van der Waals surface area contributed by atoms with Crippen molar-refractivity contribution in [3.8, 4) is 22.9 Å². The fourth-order valence-corrected chi connectivity index (χ4v) is 4.32. The number of nitrogens with one attached hydrogen (secondary N) is 1. The maximum Gasteiger partial charge on any atom is 0.306 e. The van der Waals surface area contributed by atoms with Crippen molar-refractivity contribution in [3.05, 3.63) is 66.1 Å². The van der Waals surface area contributed by atoms with Crippen molar-refractivity contribution < 1.29 is 23.2 Å². The second-order valence-corrected chi connectivity index (χ2v) is 8.48. The van der Waals surface area contributed by atoms with Gasteiger partial charge in [-0.1, -0.05) is 29.8 Å². The minimum atomic E-state index is -0.846. The highest BCUT2D eigenvalue weighted by molar-refractivity contribution is 5.70. The standard InChI is InChI=1S/C24H22F2N6O3/c25-17-7-2-1-4-15(17)13-32-21(19-8-9-35-31-19)11-20(30-32)23-27-12-18(26)22(29-23)28-16-6-3-5-14(10-16)24(33)34/h1-2,4,7-9,11-12,14,16H,3,5-6,10,13H2,(H,33,34)(H,27,28,29). The Morgan fingerprint density at radius 2 is 2.03 bits per heavy atom. The maximum absolute atomic E-state index is 14.5. The number of benzene rings is 1. The molecule has 2 atom stereocenters. The van der Waals surface area contributed by atoms with Gasteiger partial charge in [0.1, 0.15) is 23.5 Å². The van der Waals surface area contributed by atoms with Crippen LogP contribution in [0.2, 0.25) is 0 Å². The predicted octanol–water partition coefficient (Wildman–Crippen LogP) is 4.38. The molecular formula is C24H22F2N6O3. The molecular weight excluding hydrogens is 458 g/mol. The molecule has 1 saturated carbocycles. The van der Waals surface area contributed by atoms with Crippen LogP contribution in [0, 0.1) is 17.6 Å². The van der Waals surface area contributed by atoms with Crippen LogP contribution >= 0.6 is 0 Å². The van der Waals surface area contributed by atoms with E-state index in [4.69, 9.17) is 4.52 Å². The zero-order valence-corrected chi connectivity index (χ0v) is 18.6. The molecule has 2 unspecified atom stereocenters. The highest BCUT2D eigenvalue weighted by Crippen LogP contribution is 2.29. The maximum atomic E-state index is 14.5. The molecule has 4 aromatic rings. The van der Waals surface area contributed by atoms with E-state index in [1.165, 1.54) is 12.3 Å². The lowest BCUT2D eigenvalue weighted by Crippen LogP contribution is -2.31. The molecule has 180 valence electrons. The van der Waals surface area contributed by atoms with Crippen molar-refractivity contribution in [3.63, 3.8) is 0 Å². The third-order valence-electron chi connectivity index (χ3n) is 6.10. The molecule has 11 heteroatoms. The molecule has 35 heavy (non-hydrogen) atoms. The molecule has 0 spiro atoms. The lowest BCUT2D eigenvalue weighted by atomic mass is 9.86. The average Bonchev–Trinajstić information content (AvgIpc) is 3.52. The molecule has 5 rings (SSSR count). The summed E-state index contributed by atoms with van der Waals surface area (Å²) in [5, 5.41) is 20.9. The van der Waals surface area contributed by atoms with E-state index >= 15 is 0 Å². The van der Waals surface area contributed by atoms with Crippen LogP contribution in [0.15, 0.2) is 53.4 Å². The van der Waals surface area contributed by atoms with Crippen molar-refractivity contribution in [2.45, 2.75) is 38.3 Å². The van der Waals surface area contributed by atoms with Gasteiger partial charge in [0, 0.05) is 17.7 Å². The van der Waals surface area contributed by atoms with Gasteiger partial charge in [-0.2, -0.15) is 5.10 Å². The van der Waals surface area contributed by atoms with Crippen LogP contribution < -0.4 is 5.32 Å². The van der Waals surface area contributed by atoms with Crippen molar-refractivity contribution in [1.29, 1.82) is 0 Å². The number of aliphatic carboxylic acids is 1. The number of aromatic nitrogens is 5. The number of nitrogens with zero attached hydrogens (tertiary/aromatic N) is 5. The predicted molar refractivity (Wildman–Crippen MR) is 121 cm³/mol. The van der Waals surface area contributed by atoms with E-state index in [0.717, 1.165) is 19.0 Å². The summed E-state index contributed by atoms with van der Waals surface area (Å²) in [4.78, 5) is 19.8. The number of hydrogen-bond acceptors (Lipinski definition) is 7. The van der Waals surface area contributed by atoms with Crippen molar-refractivity contribution >= 4 is 11.8 Å². The molecule has 3 aromatic heterocycles. The van der Waals surface area contributed by atoms with Crippen LogP contribution in [-0.2, 0) is 11.3 Å². The second-order valence-electron chi connectivity index (χ2n) is 8.48. The molecule has 3 heterocycles. The lowest BCUT2D eigenvalue weighted by Gasteiger charge is -2.27. The Bertz CT molecular complexity index is 1340. The van der Waals surface area contributed by atoms with Crippen molar-refractivity contribution in [2.24, 2.45) is 5.92 Å². The summed E-state index contributed by atoms with van der Waals surface area (Å²) >= 11 is 0. The van der Waals surface area contributed by atoms with Crippen molar-refractivity contribution in [2.75, 3.05) is 5.32 Å². The summed E-state index contributed by atoms with van der Waals surface area (Å²) in [6.07, 6.45) is 4.91. The zero-order chi connectivity index (χ0) is 24.4. The molecule has 1 fully saturated rings. The number of anilines is 1. The first-order chi connectivity index (χ1) is 17.0. The molecule has 0 radical (unpaired) electrons.